The summed E-state index contributed by atoms with van der Waals surface area (Å²) in [5.74, 6) is 0.839. The Morgan fingerprint density at radius 1 is 0.964 bits per heavy atom. The van der Waals surface area contributed by atoms with Crippen molar-refractivity contribution in [1.29, 1.82) is 0 Å². The van der Waals surface area contributed by atoms with E-state index in [4.69, 9.17) is 9.47 Å². The summed E-state index contributed by atoms with van der Waals surface area (Å²) in [6.07, 6.45) is 1.57. The summed E-state index contributed by atoms with van der Waals surface area (Å²) >= 11 is 0. The van der Waals surface area contributed by atoms with Gasteiger partial charge in [0, 0.05) is 25.0 Å². The number of benzene rings is 2. The Labute approximate surface area is 161 Å². The second-order valence-electron chi connectivity index (χ2n) is 6.28. The molecule has 2 N–H and O–H groups in total. The van der Waals surface area contributed by atoms with Gasteiger partial charge in [0.2, 0.25) is 6.79 Å². The Morgan fingerprint density at radius 2 is 1.75 bits per heavy atom. The highest BCUT2D eigenvalue weighted by molar-refractivity contribution is 5.93. The molecule has 0 radical (unpaired) electrons. The second kappa shape index (κ2) is 7.96. The number of hydrogen-bond donors (Lipinski definition) is 2. The van der Waals surface area contributed by atoms with Crippen LogP contribution < -0.4 is 20.1 Å². The molecule has 0 atom stereocenters. The first-order valence-electron chi connectivity index (χ1n) is 8.78. The lowest BCUT2D eigenvalue weighted by Crippen LogP contribution is -2.23. The van der Waals surface area contributed by atoms with Gasteiger partial charge in [-0.05, 0) is 47.5 Å². The first kappa shape index (κ1) is 17.8. The van der Waals surface area contributed by atoms with Gasteiger partial charge in [0.05, 0.1) is 0 Å². The molecule has 0 spiro atoms. The van der Waals surface area contributed by atoms with Gasteiger partial charge < -0.3 is 20.1 Å². The van der Waals surface area contributed by atoms with E-state index in [1.807, 2.05) is 18.2 Å². The van der Waals surface area contributed by atoms with Crippen LogP contribution in [0.1, 0.15) is 21.6 Å². The molecule has 6 nitrogen and oxygen atoms in total. The third kappa shape index (κ3) is 4.20. The third-order valence-corrected chi connectivity index (χ3v) is 4.29. The van der Waals surface area contributed by atoms with Gasteiger partial charge in [-0.3, -0.25) is 9.78 Å². The van der Waals surface area contributed by atoms with Crippen molar-refractivity contribution in [3.63, 3.8) is 0 Å². The van der Waals surface area contributed by atoms with Crippen molar-refractivity contribution in [3.8, 4) is 11.5 Å². The minimum Gasteiger partial charge on any atom is -0.454 e. The van der Waals surface area contributed by atoms with E-state index in [0.29, 0.717) is 30.3 Å². The number of nitrogens with one attached hydrogen (secondary N) is 2. The third-order valence-electron chi connectivity index (χ3n) is 4.29. The van der Waals surface area contributed by atoms with E-state index < -0.39 is 0 Å². The van der Waals surface area contributed by atoms with Crippen molar-refractivity contribution in [3.05, 3.63) is 83.4 Å². The van der Waals surface area contributed by atoms with Crippen molar-refractivity contribution in [2.24, 2.45) is 0 Å². The Bertz CT molecular complexity index is 992. The summed E-state index contributed by atoms with van der Waals surface area (Å²) in [5.41, 5.74) is 2.91. The molecule has 1 aliphatic rings. The molecular formula is C21H18FN3O3. The maximum Gasteiger partial charge on any atom is 0.270 e. The number of carbonyl (C=O) groups is 1. The molecule has 28 heavy (non-hydrogen) atoms. The molecule has 0 saturated heterocycles. The number of rotatable bonds is 6. The van der Waals surface area contributed by atoms with Crippen LogP contribution in [-0.4, -0.2) is 17.7 Å². The molecule has 142 valence electrons. The lowest BCUT2D eigenvalue weighted by Gasteiger charge is -2.09. The molecule has 7 heteroatoms. The second-order valence-corrected chi connectivity index (χ2v) is 6.28. The molecule has 4 rings (SSSR count). The van der Waals surface area contributed by atoms with Crippen molar-refractivity contribution < 1.29 is 18.7 Å². The number of hydrogen-bond acceptors (Lipinski definition) is 5. The van der Waals surface area contributed by atoms with Gasteiger partial charge >= 0.3 is 0 Å². The van der Waals surface area contributed by atoms with Crippen molar-refractivity contribution >= 4 is 11.6 Å². The summed E-state index contributed by atoms with van der Waals surface area (Å²) < 4.78 is 23.6. The van der Waals surface area contributed by atoms with E-state index in [1.54, 1.807) is 30.5 Å². The van der Waals surface area contributed by atoms with Crippen LogP contribution in [0.15, 0.2) is 60.8 Å². The van der Waals surface area contributed by atoms with E-state index in [1.165, 1.54) is 12.1 Å². The molecule has 0 fully saturated rings. The molecule has 0 saturated carbocycles. The Hall–Kier alpha value is -3.61. The highest BCUT2D eigenvalue weighted by Gasteiger charge is 2.14. The van der Waals surface area contributed by atoms with Gasteiger partial charge in [-0.2, -0.15) is 0 Å². The first-order valence-corrected chi connectivity index (χ1v) is 8.78. The Kier molecular flexibility index (Phi) is 5.05. The molecular weight excluding hydrogens is 361 g/mol. The van der Waals surface area contributed by atoms with Crippen LogP contribution in [-0.2, 0) is 13.1 Å². The minimum atomic E-state index is -0.275. The van der Waals surface area contributed by atoms with Gasteiger partial charge in [-0.25, -0.2) is 4.39 Å². The van der Waals surface area contributed by atoms with E-state index >= 15 is 0 Å². The summed E-state index contributed by atoms with van der Waals surface area (Å²) in [5, 5.41) is 6.05. The van der Waals surface area contributed by atoms with Crippen molar-refractivity contribution in [2.75, 3.05) is 12.1 Å². The van der Waals surface area contributed by atoms with Crippen LogP contribution in [0, 0.1) is 5.82 Å². The zero-order valence-corrected chi connectivity index (χ0v) is 14.9. The van der Waals surface area contributed by atoms with Crippen LogP contribution in [0.25, 0.3) is 0 Å². The molecule has 1 aromatic heterocycles. The Morgan fingerprint density at radius 3 is 2.61 bits per heavy atom. The Balaban J connectivity index is 1.35. The zero-order chi connectivity index (χ0) is 19.3. The SMILES string of the molecule is O=C(NCc1ccc2c(c1)OCO2)c1cc(NCc2ccc(F)cc2)ccn1. The number of anilines is 1. The first-order chi connectivity index (χ1) is 13.7. The molecule has 1 amide bonds. The lowest BCUT2D eigenvalue weighted by molar-refractivity contribution is 0.0946. The number of nitrogens with zero attached hydrogens (tertiary/aromatic N) is 1. The van der Waals surface area contributed by atoms with E-state index in [2.05, 4.69) is 15.6 Å². The van der Waals surface area contributed by atoms with E-state index in [-0.39, 0.29) is 18.5 Å². The van der Waals surface area contributed by atoms with Gasteiger partial charge in [-0.1, -0.05) is 18.2 Å². The molecule has 0 unspecified atom stereocenters. The standard InChI is InChI=1S/C21H18FN3O3/c22-16-4-1-14(2-5-16)11-24-17-7-8-23-18(10-17)21(26)25-12-15-3-6-19-20(9-15)28-13-27-19/h1-10H,11-13H2,(H,23,24)(H,25,26). The van der Waals surface area contributed by atoms with Crippen molar-refractivity contribution in [2.45, 2.75) is 13.1 Å². The van der Waals surface area contributed by atoms with Gasteiger partial charge in [0.25, 0.3) is 5.91 Å². The van der Waals surface area contributed by atoms with Gasteiger partial charge in [-0.15, -0.1) is 0 Å². The topological polar surface area (TPSA) is 72.5 Å². The van der Waals surface area contributed by atoms with Crippen LogP contribution in [0.3, 0.4) is 0 Å². The molecule has 0 bridgehead atoms. The average Bonchev–Trinajstić information content (AvgIpc) is 3.20. The van der Waals surface area contributed by atoms with Gasteiger partial charge in [0.15, 0.2) is 11.5 Å². The summed E-state index contributed by atoms with van der Waals surface area (Å²) in [6, 6.07) is 15.2. The monoisotopic (exact) mass is 379 g/mol. The molecule has 1 aliphatic heterocycles. The summed E-state index contributed by atoms with van der Waals surface area (Å²) in [7, 11) is 0. The largest absolute Gasteiger partial charge is 0.454 e. The highest BCUT2D eigenvalue weighted by Crippen LogP contribution is 2.32. The summed E-state index contributed by atoms with van der Waals surface area (Å²) in [6.45, 7) is 1.08. The fraction of sp³-hybridized carbons (Fsp3) is 0.143. The average molecular weight is 379 g/mol. The smallest absolute Gasteiger partial charge is 0.270 e. The fourth-order valence-electron chi connectivity index (χ4n) is 2.79. The zero-order valence-electron chi connectivity index (χ0n) is 14.9. The van der Waals surface area contributed by atoms with Crippen LogP contribution in [0.4, 0.5) is 10.1 Å². The molecule has 3 aromatic rings. The fourth-order valence-corrected chi connectivity index (χ4v) is 2.79. The van der Waals surface area contributed by atoms with Crippen LogP contribution >= 0.6 is 0 Å². The van der Waals surface area contributed by atoms with E-state index in [9.17, 15) is 9.18 Å². The number of amides is 1. The number of fused-ring (bicyclic) bond motifs is 1. The van der Waals surface area contributed by atoms with Crippen LogP contribution in [0.2, 0.25) is 0 Å². The lowest BCUT2D eigenvalue weighted by atomic mass is 10.2. The van der Waals surface area contributed by atoms with E-state index in [0.717, 1.165) is 16.8 Å². The maximum atomic E-state index is 13.0. The number of carbonyl (C=O) groups excluding carboxylic acids is 1. The predicted molar refractivity (Wildman–Crippen MR) is 102 cm³/mol. The molecule has 0 aliphatic carbocycles. The molecule has 2 heterocycles. The van der Waals surface area contributed by atoms with Crippen molar-refractivity contribution in [1.82, 2.24) is 10.3 Å². The summed E-state index contributed by atoms with van der Waals surface area (Å²) in [4.78, 5) is 16.5. The number of pyridine rings is 1. The molecule has 2 aromatic carbocycles. The quantitative estimate of drug-likeness (QED) is 0.686. The minimum absolute atomic E-state index is 0.215. The maximum absolute atomic E-state index is 13.0. The highest BCUT2D eigenvalue weighted by atomic mass is 19.1. The number of halogens is 1. The number of ether oxygens (including phenoxy) is 2. The van der Waals surface area contributed by atoms with Gasteiger partial charge in [0.1, 0.15) is 11.5 Å². The number of aromatic nitrogens is 1. The normalized spacial score (nSPS) is 11.9. The predicted octanol–water partition coefficient (Wildman–Crippen LogP) is 3.49. The van der Waals surface area contributed by atoms with Crippen LogP contribution in [0.5, 0.6) is 11.5 Å².